The highest BCUT2D eigenvalue weighted by molar-refractivity contribution is 5.95. The van der Waals surface area contributed by atoms with Gasteiger partial charge < -0.3 is 14.6 Å². The third-order valence-corrected chi connectivity index (χ3v) is 5.94. The summed E-state index contributed by atoms with van der Waals surface area (Å²) in [5, 5.41) is 14.2. The zero-order valence-corrected chi connectivity index (χ0v) is 20.0. The van der Waals surface area contributed by atoms with Crippen molar-refractivity contribution in [2.75, 3.05) is 19.6 Å². The molecule has 9 nitrogen and oxygen atoms in total. The Balaban J connectivity index is 1.29. The molecule has 1 aromatic carbocycles. The Bertz CT molecular complexity index is 1210. The van der Waals surface area contributed by atoms with Crippen molar-refractivity contribution in [3.8, 4) is 5.69 Å². The maximum atomic E-state index is 13.5. The Kier molecular flexibility index (Phi) is 7.41. The number of nitrogens with zero attached hydrogens (tertiary/aromatic N) is 5. The van der Waals surface area contributed by atoms with Gasteiger partial charge >= 0.3 is 6.18 Å². The van der Waals surface area contributed by atoms with Crippen LogP contribution < -0.4 is 5.32 Å². The largest absolute Gasteiger partial charge is 0.435 e. The van der Waals surface area contributed by atoms with Gasteiger partial charge in [0.15, 0.2) is 5.69 Å². The van der Waals surface area contributed by atoms with E-state index in [0.29, 0.717) is 37.0 Å². The van der Waals surface area contributed by atoms with E-state index < -0.39 is 23.3 Å². The molecule has 2 aromatic heterocycles. The first-order chi connectivity index (χ1) is 17.1. The summed E-state index contributed by atoms with van der Waals surface area (Å²) in [6.07, 6.45) is -2.57. The van der Waals surface area contributed by atoms with Crippen LogP contribution in [0.2, 0.25) is 0 Å². The van der Waals surface area contributed by atoms with Gasteiger partial charge in [0.1, 0.15) is 0 Å². The van der Waals surface area contributed by atoms with E-state index in [4.69, 9.17) is 4.42 Å². The lowest BCUT2D eigenvalue weighted by atomic mass is 10.1. The summed E-state index contributed by atoms with van der Waals surface area (Å²) in [7, 11) is 0. The third kappa shape index (κ3) is 5.74. The molecule has 192 valence electrons. The summed E-state index contributed by atoms with van der Waals surface area (Å²) >= 11 is 0. The minimum absolute atomic E-state index is 0.0180. The second kappa shape index (κ2) is 10.5. The molecule has 1 atom stereocenters. The Morgan fingerprint density at radius 1 is 1.19 bits per heavy atom. The number of nitrogens with one attached hydrogen (secondary N) is 1. The van der Waals surface area contributed by atoms with Crippen LogP contribution in [0.4, 0.5) is 13.2 Å². The standard InChI is InChI=1S/C24H27F3N6O3/c1-15(2)22-29-30-23(36-22)16-10-12-32(13-16)19(34)9-6-11-28-21(35)18-14-33(17-7-4-3-5-8-17)31-20(18)24(25,26)27/h3-5,7-8,14-16H,6,9-13H2,1-2H3,(H,28,35). The molecule has 36 heavy (non-hydrogen) atoms. The van der Waals surface area contributed by atoms with E-state index in [1.54, 1.807) is 35.2 Å². The number of hydrogen-bond donors (Lipinski definition) is 1. The summed E-state index contributed by atoms with van der Waals surface area (Å²) in [5.41, 5.74) is -1.43. The van der Waals surface area contributed by atoms with E-state index in [9.17, 15) is 22.8 Å². The fraction of sp³-hybridized carbons (Fsp3) is 0.458. The second-order valence-electron chi connectivity index (χ2n) is 8.99. The van der Waals surface area contributed by atoms with Crippen LogP contribution in [-0.4, -0.2) is 56.3 Å². The predicted molar refractivity (Wildman–Crippen MR) is 122 cm³/mol. The average Bonchev–Trinajstić information content (AvgIpc) is 3.60. The molecule has 1 unspecified atom stereocenters. The number of likely N-dealkylation sites (tertiary alicyclic amines) is 1. The van der Waals surface area contributed by atoms with Gasteiger partial charge in [-0.05, 0) is 25.0 Å². The van der Waals surface area contributed by atoms with Crippen molar-refractivity contribution in [1.29, 1.82) is 0 Å². The SMILES string of the molecule is CC(C)c1nnc(C2CCN(C(=O)CCCNC(=O)c3cn(-c4ccccc4)nc3C(F)(F)F)C2)o1. The van der Waals surface area contributed by atoms with Gasteiger partial charge in [-0.2, -0.15) is 18.3 Å². The molecule has 3 heterocycles. The molecular weight excluding hydrogens is 477 g/mol. The van der Waals surface area contributed by atoms with Crippen molar-refractivity contribution >= 4 is 11.8 Å². The average molecular weight is 505 g/mol. The lowest BCUT2D eigenvalue weighted by Crippen LogP contribution is -2.30. The van der Waals surface area contributed by atoms with Gasteiger partial charge in [-0.25, -0.2) is 4.68 Å². The Morgan fingerprint density at radius 3 is 2.61 bits per heavy atom. The van der Waals surface area contributed by atoms with Gasteiger partial charge in [0, 0.05) is 38.2 Å². The molecule has 1 saturated heterocycles. The van der Waals surface area contributed by atoms with E-state index in [0.717, 1.165) is 10.9 Å². The number of amides is 2. The number of benzene rings is 1. The van der Waals surface area contributed by atoms with Gasteiger partial charge in [0.2, 0.25) is 17.7 Å². The minimum atomic E-state index is -4.79. The van der Waals surface area contributed by atoms with E-state index in [-0.39, 0.29) is 37.1 Å². The van der Waals surface area contributed by atoms with E-state index in [1.165, 1.54) is 0 Å². The van der Waals surface area contributed by atoms with Gasteiger partial charge in [-0.1, -0.05) is 32.0 Å². The summed E-state index contributed by atoms with van der Waals surface area (Å²) in [6.45, 7) is 5.00. The molecule has 1 aliphatic rings. The molecule has 1 N–H and O–H groups in total. The van der Waals surface area contributed by atoms with Gasteiger partial charge in [0.25, 0.3) is 5.91 Å². The molecule has 0 spiro atoms. The molecule has 2 amide bonds. The van der Waals surface area contributed by atoms with Crippen LogP contribution in [0.3, 0.4) is 0 Å². The summed E-state index contributed by atoms with van der Waals surface area (Å²) in [6, 6.07) is 8.22. The van der Waals surface area contributed by atoms with Crippen LogP contribution in [0.5, 0.6) is 0 Å². The van der Waals surface area contributed by atoms with Crippen LogP contribution in [0.25, 0.3) is 5.69 Å². The first-order valence-corrected chi connectivity index (χ1v) is 11.7. The monoisotopic (exact) mass is 504 g/mol. The molecule has 3 aromatic rings. The topological polar surface area (TPSA) is 106 Å². The minimum Gasteiger partial charge on any atom is -0.425 e. The fourth-order valence-corrected chi connectivity index (χ4v) is 3.99. The molecule has 0 aliphatic carbocycles. The molecule has 0 radical (unpaired) electrons. The van der Waals surface area contributed by atoms with Gasteiger partial charge in [-0.3, -0.25) is 9.59 Å². The number of alkyl halides is 3. The lowest BCUT2D eigenvalue weighted by Gasteiger charge is -2.16. The van der Waals surface area contributed by atoms with Crippen LogP contribution >= 0.6 is 0 Å². The normalized spacial score (nSPS) is 16.1. The Morgan fingerprint density at radius 2 is 1.94 bits per heavy atom. The van der Waals surface area contributed by atoms with E-state index >= 15 is 0 Å². The van der Waals surface area contributed by atoms with E-state index in [2.05, 4.69) is 20.6 Å². The molecule has 1 aliphatic heterocycles. The predicted octanol–water partition coefficient (Wildman–Crippen LogP) is 3.92. The molecule has 1 fully saturated rings. The van der Waals surface area contributed by atoms with Crippen molar-refractivity contribution in [2.45, 2.75) is 51.1 Å². The number of halogens is 3. The molecule has 0 saturated carbocycles. The second-order valence-corrected chi connectivity index (χ2v) is 8.99. The highest BCUT2D eigenvalue weighted by atomic mass is 19.4. The van der Waals surface area contributed by atoms with Crippen molar-refractivity contribution in [2.24, 2.45) is 0 Å². The van der Waals surface area contributed by atoms with Gasteiger partial charge in [-0.15, -0.1) is 10.2 Å². The van der Waals surface area contributed by atoms with Crippen molar-refractivity contribution in [3.05, 3.63) is 59.6 Å². The highest BCUT2D eigenvalue weighted by Gasteiger charge is 2.39. The fourth-order valence-electron chi connectivity index (χ4n) is 3.99. The Labute approximate surface area is 205 Å². The van der Waals surface area contributed by atoms with Crippen molar-refractivity contribution in [3.63, 3.8) is 0 Å². The highest BCUT2D eigenvalue weighted by Crippen LogP contribution is 2.31. The van der Waals surface area contributed by atoms with Crippen molar-refractivity contribution < 1.29 is 27.2 Å². The zero-order valence-electron chi connectivity index (χ0n) is 20.0. The van der Waals surface area contributed by atoms with Gasteiger partial charge in [0.05, 0.1) is 17.2 Å². The Hall–Kier alpha value is -3.70. The summed E-state index contributed by atoms with van der Waals surface area (Å²) in [5.74, 6) is 0.209. The molecular formula is C24H27F3N6O3. The smallest absolute Gasteiger partial charge is 0.425 e. The number of para-hydroxylation sites is 1. The molecule has 0 bridgehead atoms. The zero-order chi connectivity index (χ0) is 25.9. The number of rotatable bonds is 8. The quantitative estimate of drug-likeness (QED) is 0.466. The van der Waals surface area contributed by atoms with E-state index in [1.807, 2.05) is 13.8 Å². The molecule has 4 rings (SSSR count). The third-order valence-electron chi connectivity index (χ3n) is 5.94. The first-order valence-electron chi connectivity index (χ1n) is 11.7. The number of carbonyl (C=O) groups is 2. The number of hydrogen-bond acceptors (Lipinski definition) is 6. The van der Waals surface area contributed by atoms with Crippen LogP contribution in [-0.2, 0) is 11.0 Å². The molecule has 12 heteroatoms. The lowest BCUT2D eigenvalue weighted by molar-refractivity contribution is -0.141. The number of aromatic nitrogens is 4. The maximum absolute atomic E-state index is 13.5. The van der Waals surface area contributed by atoms with Crippen LogP contribution in [0, 0.1) is 0 Å². The summed E-state index contributed by atoms with van der Waals surface area (Å²) < 4.78 is 47.2. The maximum Gasteiger partial charge on any atom is 0.435 e. The number of carbonyl (C=O) groups excluding carboxylic acids is 2. The first kappa shape index (κ1) is 25.4. The van der Waals surface area contributed by atoms with Crippen molar-refractivity contribution in [1.82, 2.24) is 30.2 Å². The summed E-state index contributed by atoms with van der Waals surface area (Å²) in [4.78, 5) is 26.8. The van der Waals surface area contributed by atoms with Crippen LogP contribution in [0.1, 0.15) is 72.8 Å². The van der Waals surface area contributed by atoms with Crippen LogP contribution in [0.15, 0.2) is 40.9 Å².